The Morgan fingerprint density at radius 1 is 1.09 bits per heavy atom. The van der Waals surface area contributed by atoms with Gasteiger partial charge in [-0.25, -0.2) is 0 Å². The van der Waals surface area contributed by atoms with Crippen molar-refractivity contribution in [2.24, 2.45) is 23.7 Å². The monoisotopic (exact) mass is 464 g/mol. The van der Waals surface area contributed by atoms with Gasteiger partial charge in [-0.05, 0) is 92.0 Å². The van der Waals surface area contributed by atoms with Gasteiger partial charge in [-0.3, -0.25) is 4.79 Å². The van der Waals surface area contributed by atoms with Crippen molar-refractivity contribution in [3.05, 3.63) is 64.6 Å². The Labute approximate surface area is 201 Å². The van der Waals surface area contributed by atoms with Crippen LogP contribution in [0.25, 0.3) is 0 Å². The summed E-state index contributed by atoms with van der Waals surface area (Å²) in [6.45, 7) is 2.56. The Morgan fingerprint density at radius 2 is 1.79 bits per heavy atom. The van der Waals surface area contributed by atoms with Gasteiger partial charge in [0.2, 0.25) is 0 Å². The second kappa shape index (κ2) is 8.43. The van der Waals surface area contributed by atoms with Crippen LogP contribution in [-0.2, 0) is 11.3 Å². The van der Waals surface area contributed by atoms with Gasteiger partial charge in [0.1, 0.15) is 11.9 Å². The quantitative estimate of drug-likeness (QED) is 0.552. The van der Waals surface area contributed by atoms with Crippen LogP contribution in [0.15, 0.2) is 59.0 Å². The van der Waals surface area contributed by atoms with Gasteiger partial charge < -0.3 is 20.9 Å². The Bertz CT molecular complexity index is 999. The number of fused-ring (bicyclic) bond motifs is 1. The molecule has 3 N–H and O–H groups in total. The average Bonchev–Trinajstić information content (AvgIpc) is 3.18. The molecule has 0 radical (unpaired) electrons. The van der Waals surface area contributed by atoms with E-state index in [-0.39, 0.29) is 12.1 Å². The highest BCUT2D eigenvalue weighted by Crippen LogP contribution is 2.54. The summed E-state index contributed by atoms with van der Waals surface area (Å²) >= 11 is 6.19. The first-order valence-corrected chi connectivity index (χ1v) is 12.9. The minimum absolute atomic E-state index is 0.0428. The average molecular weight is 465 g/mol. The number of halogens is 1. The first-order valence-electron chi connectivity index (χ1n) is 12.5. The number of hydrogen-bond donors (Lipinski definition) is 3. The van der Waals surface area contributed by atoms with Gasteiger partial charge >= 0.3 is 0 Å². The summed E-state index contributed by atoms with van der Waals surface area (Å²) in [5, 5.41) is 11.0. The van der Waals surface area contributed by atoms with Crippen molar-refractivity contribution in [1.29, 1.82) is 0 Å². The standard InChI is InChI=1S/C27H33ClN4O/c1-2-23-26(32-15-21(28)5-8-24(32)31-23)27(33)29-14-16-3-6-22(7-4-16)30-25-19-10-17-9-18(12-19)13-20(25)11-17/h3-8,15,17-20,24-25,30-31H,2,9-14H2,1H3,(H,29,33). The van der Waals surface area contributed by atoms with Gasteiger partial charge in [0, 0.05) is 30.2 Å². The summed E-state index contributed by atoms with van der Waals surface area (Å²) in [6, 6.07) is 9.25. The minimum atomic E-state index is -0.0753. The number of allylic oxidation sites excluding steroid dienone is 3. The lowest BCUT2D eigenvalue weighted by Gasteiger charge is -2.54. The molecule has 4 aliphatic carbocycles. The van der Waals surface area contributed by atoms with Gasteiger partial charge in [0.05, 0.1) is 5.03 Å². The second-order valence-electron chi connectivity index (χ2n) is 10.5. The summed E-state index contributed by atoms with van der Waals surface area (Å²) in [5.74, 6) is 3.64. The number of benzene rings is 1. The highest BCUT2D eigenvalue weighted by molar-refractivity contribution is 6.31. The van der Waals surface area contributed by atoms with Crippen LogP contribution < -0.4 is 16.0 Å². The van der Waals surface area contributed by atoms with Crippen molar-refractivity contribution in [2.75, 3.05) is 5.32 Å². The number of hydrogen-bond acceptors (Lipinski definition) is 4. The molecule has 7 rings (SSSR count). The van der Waals surface area contributed by atoms with Gasteiger partial charge in [-0.1, -0.05) is 30.7 Å². The lowest BCUT2D eigenvalue weighted by Crippen LogP contribution is -2.51. The number of carbonyl (C=O) groups excluding carboxylic acids is 1. The molecule has 4 bridgehead atoms. The van der Waals surface area contributed by atoms with E-state index >= 15 is 0 Å². The summed E-state index contributed by atoms with van der Waals surface area (Å²) in [7, 11) is 0. The summed E-state index contributed by atoms with van der Waals surface area (Å²) in [5.41, 5.74) is 3.92. The topological polar surface area (TPSA) is 56.4 Å². The maximum absolute atomic E-state index is 13.1. The van der Waals surface area contributed by atoms with E-state index < -0.39 is 0 Å². The van der Waals surface area contributed by atoms with E-state index in [1.165, 1.54) is 37.8 Å². The van der Waals surface area contributed by atoms with Crippen molar-refractivity contribution >= 4 is 23.2 Å². The Balaban J connectivity index is 1.08. The fourth-order valence-corrected chi connectivity index (χ4v) is 7.30. The molecule has 0 saturated heterocycles. The van der Waals surface area contributed by atoms with Crippen LogP contribution in [0.5, 0.6) is 0 Å². The van der Waals surface area contributed by atoms with Crippen molar-refractivity contribution in [1.82, 2.24) is 15.5 Å². The maximum Gasteiger partial charge on any atom is 0.270 e. The predicted octanol–water partition coefficient (Wildman–Crippen LogP) is 5.04. The molecular formula is C27H33ClN4O. The van der Waals surface area contributed by atoms with Crippen LogP contribution in [0.2, 0.25) is 0 Å². The molecule has 2 aliphatic heterocycles. The predicted molar refractivity (Wildman–Crippen MR) is 132 cm³/mol. The number of rotatable bonds is 6. The fourth-order valence-electron chi connectivity index (χ4n) is 7.12. The zero-order valence-electron chi connectivity index (χ0n) is 19.2. The number of nitrogens with zero attached hydrogens (tertiary/aromatic N) is 1. The number of nitrogens with one attached hydrogen (secondary N) is 3. The third-order valence-corrected chi connectivity index (χ3v) is 8.63. The van der Waals surface area contributed by atoms with Crippen LogP contribution in [0, 0.1) is 23.7 Å². The molecule has 6 aliphatic rings. The molecule has 0 spiro atoms. The normalized spacial score (nSPS) is 33.6. The van der Waals surface area contributed by atoms with Gasteiger partial charge in [-0.15, -0.1) is 0 Å². The molecule has 1 unspecified atom stereocenters. The van der Waals surface area contributed by atoms with Crippen LogP contribution in [0.3, 0.4) is 0 Å². The molecule has 2 heterocycles. The van der Waals surface area contributed by atoms with E-state index in [0.29, 0.717) is 23.3 Å². The number of amides is 1. The summed E-state index contributed by atoms with van der Waals surface area (Å²) in [6.07, 6.45) is 13.6. The van der Waals surface area contributed by atoms with E-state index in [1.807, 2.05) is 23.3 Å². The zero-order valence-corrected chi connectivity index (χ0v) is 19.9. The smallest absolute Gasteiger partial charge is 0.270 e. The summed E-state index contributed by atoms with van der Waals surface area (Å²) < 4.78 is 0. The van der Waals surface area contributed by atoms with Crippen LogP contribution in [0.1, 0.15) is 51.0 Å². The molecule has 33 heavy (non-hydrogen) atoms. The first-order chi connectivity index (χ1) is 16.1. The van der Waals surface area contributed by atoms with E-state index in [1.54, 1.807) is 0 Å². The molecule has 174 valence electrons. The van der Waals surface area contributed by atoms with Gasteiger partial charge in [0.25, 0.3) is 5.91 Å². The SMILES string of the molecule is CCC1=C(C(=O)NCc2ccc(NC3C4CC5CC(C4)CC3C5)cc2)N2C=C(Cl)C=CC2N1. The molecule has 1 atom stereocenters. The first kappa shape index (κ1) is 21.2. The molecule has 1 aromatic carbocycles. The third kappa shape index (κ3) is 3.95. The van der Waals surface area contributed by atoms with Crippen LogP contribution >= 0.6 is 11.6 Å². The molecule has 4 saturated carbocycles. The zero-order chi connectivity index (χ0) is 22.5. The van der Waals surface area contributed by atoms with Gasteiger partial charge in [-0.2, -0.15) is 0 Å². The van der Waals surface area contributed by atoms with E-state index in [9.17, 15) is 4.79 Å². The van der Waals surface area contributed by atoms with Crippen molar-refractivity contribution in [3.8, 4) is 0 Å². The Morgan fingerprint density at radius 3 is 2.45 bits per heavy atom. The molecule has 1 aromatic rings. The minimum Gasteiger partial charge on any atom is -0.382 e. The Kier molecular flexibility index (Phi) is 5.40. The Hall–Kier alpha value is -2.40. The van der Waals surface area contributed by atoms with Crippen LogP contribution in [0.4, 0.5) is 5.69 Å². The lowest BCUT2D eigenvalue weighted by molar-refractivity contribution is -0.118. The van der Waals surface area contributed by atoms with Crippen LogP contribution in [-0.4, -0.2) is 23.0 Å². The molecule has 4 fully saturated rings. The van der Waals surface area contributed by atoms with Crippen molar-refractivity contribution in [3.63, 3.8) is 0 Å². The molecule has 1 amide bonds. The number of carbonyl (C=O) groups is 1. The van der Waals surface area contributed by atoms with E-state index in [0.717, 1.165) is 41.4 Å². The largest absolute Gasteiger partial charge is 0.382 e. The molecule has 0 aromatic heterocycles. The highest BCUT2D eigenvalue weighted by atomic mass is 35.5. The lowest BCUT2D eigenvalue weighted by atomic mass is 9.54. The molecule has 5 nitrogen and oxygen atoms in total. The number of anilines is 1. The van der Waals surface area contributed by atoms with Gasteiger partial charge in [0.15, 0.2) is 0 Å². The molecule has 6 heteroatoms. The maximum atomic E-state index is 13.1. The second-order valence-corrected chi connectivity index (χ2v) is 11.0. The van der Waals surface area contributed by atoms with Crippen molar-refractivity contribution in [2.45, 2.75) is 64.2 Å². The third-order valence-electron chi connectivity index (χ3n) is 8.40. The fraction of sp³-hybridized carbons (Fsp3) is 0.519. The van der Waals surface area contributed by atoms with E-state index in [2.05, 4.69) is 47.1 Å². The molecular weight excluding hydrogens is 432 g/mol. The van der Waals surface area contributed by atoms with Crippen molar-refractivity contribution < 1.29 is 4.79 Å². The summed E-state index contributed by atoms with van der Waals surface area (Å²) in [4.78, 5) is 15.0. The van der Waals surface area contributed by atoms with E-state index in [4.69, 9.17) is 11.6 Å². The highest BCUT2D eigenvalue weighted by Gasteiger charge is 2.48.